The summed E-state index contributed by atoms with van der Waals surface area (Å²) in [5, 5.41) is 16.8. The average molecular weight is 352 g/mol. The lowest BCUT2D eigenvalue weighted by Crippen LogP contribution is -2.23. The number of benzene rings is 1. The molecule has 1 aromatic heterocycles. The maximum Gasteiger partial charge on any atom is 0.358 e. The van der Waals surface area contributed by atoms with Crippen molar-refractivity contribution >= 4 is 21.9 Å². The molecule has 1 unspecified atom stereocenters. The van der Waals surface area contributed by atoms with Crippen LogP contribution in [0.2, 0.25) is 0 Å². The number of carbonyl (C=O) groups is 1. The van der Waals surface area contributed by atoms with E-state index in [2.05, 4.69) is 26.2 Å². The van der Waals surface area contributed by atoms with E-state index in [1.165, 1.54) is 0 Å². The molecule has 2 aromatic rings. The van der Waals surface area contributed by atoms with Crippen molar-refractivity contribution in [1.82, 2.24) is 15.0 Å². The van der Waals surface area contributed by atoms with Gasteiger partial charge in [0.15, 0.2) is 5.69 Å². The molecule has 2 heterocycles. The summed E-state index contributed by atoms with van der Waals surface area (Å²) >= 11 is 3.45. The van der Waals surface area contributed by atoms with E-state index in [1.807, 2.05) is 25.1 Å². The van der Waals surface area contributed by atoms with Gasteiger partial charge in [0, 0.05) is 10.9 Å². The summed E-state index contributed by atoms with van der Waals surface area (Å²) in [7, 11) is 0. The molecule has 3 rings (SSSR count). The summed E-state index contributed by atoms with van der Waals surface area (Å²) in [6, 6.07) is 5.92. The zero-order chi connectivity index (χ0) is 15.0. The van der Waals surface area contributed by atoms with E-state index in [0.29, 0.717) is 18.7 Å². The molecule has 0 saturated carbocycles. The first kappa shape index (κ1) is 14.1. The molecular formula is C14H14BrN3O3. The lowest BCUT2D eigenvalue weighted by atomic mass is 10.1. The Morgan fingerprint density at radius 2 is 2.38 bits per heavy atom. The number of carboxylic acids is 1. The number of nitrogens with zero attached hydrogens (tertiary/aromatic N) is 3. The smallest absolute Gasteiger partial charge is 0.358 e. The molecule has 0 radical (unpaired) electrons. The second kappa shape index (κ2) is 5.48. The van der Waals surface area contributed by atoms with Gasteiger partial charge < -0.3 is 9.84 Å². The third-order valence-corrected chi connectivity index (χ3v) is 4.01. The summed E-state index contributed by atoms with van der Waals surface area (Å²) in [5.41, 5.74) is 1.80. The summed E-state index contributed by atoms with van der Waals surface area (Å²) in [5.74, 6) is -0.169. The van der Waals surface area contributed by atoms with Crippen molar-refractivity contribution in [1.29, 1.82) is 0 Å². The fourth-order valence-corrected chi connectivity index (χ4v) is 2.99. The van der Waals surface area contributed by atoms with Gasteiger partial charge in [0.2, 0.25) is 0 Å². The van der Waals surface area contributed by atoms with Crippen molar-refractivity contribution < 1.29 is 14.6 Å². The molecule has 1 aliphatic rings. The largest absolute Gasteiger partial charge is 0.488 e. The van der Waals surface area contributed by atoms with E-state index in [1.54, 1.807) is 4.68 Å². The highest BCUT2D eigenvalue weighted by atomic mass is 79.9. The van der Waals surface area contributed by atoms with Gasteiger partial charge in [-0.05, 0) is 30.2 Å². The second-order valence-corrected chi connectivity index (χ2v) is 5.84. The predicted octanol–water partition coefficient (Wildman–Crippen LogP) is 2.30. The van der Waals surface area contributed by atoms with Crippen molar-refractivity contribution in [2.24, 2.45) is 0 Å². The Morgan fingerprint density at radius 1 is 1.57 bits per heavy atom. The number of rotatable bonds is 4. The lowest BCUT2D eigenvalue weighted by Gasteiger charge is -2.12. The molecule has 0 bridgehead atoms. The van der Waals surface area contributed by atoms with Gasteiger partial charge in [-0.2, -0.15) is 0 Å². The molecule has 0 spiro atoms. The summed E-state index contributed by atoms with van der Waals surface area (Å²) in [4.78, 5) is 11.1. The van der Waals surface area contributed by atoms with E-state index in [0.717, 1.165) is 22.2 Å². The van der Waals surface area contributed by atoms with E-state index >= 15 is 0 Å². The van der Waals surface area contributed by atoms with Crippen LogP contribution in [0.5, 0.6) is 5.75 Å². The minimum atomic E-state index is -1.04. The van der Waals surface area contributed by atoms with Crippen LogP contribution in [0, 0.1) is 0 Å². The number of hydrogen-bond donors (Lipinski definition) is 1. The highest BCUT2D eigenvalue weighted by Crippen LogP contribution is 2.31. The quantitative estimate of drug-likeness (QED) is 0.914. The van der Waals surface area contributed by atoms with Crippen LogP contribution in [0.25, 0.3) is 0 Å². The molecule has 1 N–H and O–H groups in total. The van der Waals surface area contributed by atoms with Crippen molar-refractivity contribution in [3.63, 3.8) is 0 Å². The first-order chi connectivity index (χ1) is 10.1. The van der Waals surface area contributed by atoms with Gasteiger partial charge >= 0.3 is 5.97 Å². The Bertz CT molecular complexity index is 699. The van der Waals surface area contributed by atoms with Crippen LogP contribution in [0.15, 0.2) is 22.7 Å². The number of aromatic nitrogens is 3. The molecule has 0 fully saturated rings. The third-order valence-electron chi connectivity index (χ3n) is 3.52. The fraction of sp³-hybridized carbons (Fsp3) is 0.357. The highest BCUT2D eigenvalue weighted by molar-refractivity contribution is 9.10. The van der Waals surface area contributed by atoms with Crippen molar-refractivity contribution in [2.75, 3.05) is 0 Å². The highest BCUT2D eigenvalue weighted by Gasteiger charge is 2.26. The summed E-state index contributed by atoms with van der Waals surface area (Å²) in [6.07, 6.45) is 1.29. The van der Waals surface area contributed by atoms with E-state index in [4.69, 9.17) is 9.84 Å². The van der Waals surface area contributed by atoms with Crippen LogP contribution in [0.1, 0.15) is 28.7 Å². The van der Waals surface area contributed by atoms with Crippen LogP contribution in [-0.2, 0) is 19.4 Å². The van der Waals surface area contributed by atoms with Crippen LogP contribution in [0.4, 0.5) is 0 Å². The Balaban J connectivity index is 1.79. The molecule has 1 atom stereocenters. The maximum absolute atomic E-state index is 11.1. The Morgan fingerprint density at radius 3 is 3.10 bits per heavy atom. The Labute approximate surface area is 129 Å². The van der Waals surface area contributed by atoms with Crippen LogP contribution < -0.4 is 4.74 Å². The van der Waals surface area contributed by atoms with Crippen molar-refractivity contribution in [3.8, 4) is 5.75 Å². The Hall–Kier alpha value is -1.89. The first-order valence-corrected chi connectivity index (χ1v) is 7.48. The molecule has 110 valence electrons. The summed E-state index contributed by atoms with van der Waals surface area (Å²) in [6.45, 7) is 2.39. The van der Waals surface area contributed by atoms with Gasteiger partial charge in [-0.3, -0.25) is 0 Å². The van der Waals surface area contributed by atoms with Gasteiger partial charge in [-0.15, -0.1) is 5.10 Å². The molecule has 6 nitrogen and oxygen atoms in total. The van der Waals surface area contributed by atoms with Gasteiger partial charge in [0.05, 0.1) is 12.2 Å². The molecular weight excluding hydrogens is 338 g/mol. The minimum Gasteiger partial charge on any atom is -0.488 e. The number of aromatic carboxylic acids is 1. The molecule has 1 aliphatic heterocycles. The van der Waals surface area contributed by atoms with Crippen LogP contribution in [0.3, 0.4) is 0 Å². The SMILES string of the molecule is CCc1c(C(=O)O)nnn1CC1Cc2cc(Br)ccc2O1. The fourth-order valence-electron chi connectivity index (χ4n) is 2.58. The normalized spacial score (nSPS) is 16.6. The number of fused-ring (bicyclic) bond motifs is 1. The zero-order valence-electron chi connectivity index (χ0n) is 11.4. The number of hydrogen-bond acceptors (Lipinski definition) is 4. The number of halogens is 1. The molecule has 7 heteroatoms. The van der Waals surface area contributed by atoms with E-state index in [-0.39, 0.29) is 11.8 Å². The predicted molar refractivity (Wildman–Crippen MR) is 78.6 cm³/mol. The number of ether oxygens (including phenoxy) is 1. The molecule has 21 heavy (non-hydrogen) atoms. The average Bonchev–Trinajstić information content (AvgIpc) is 3.01. The van der Waals surface area contributed by atoms with Gasteiger partial charge in [-0.25, -0.2) is 9.48 Å². The standard InChI is InChI=1S/C14H14BrN3O3/c1-2-11-13(14(19)20)16-17-18(11)7-10-6-8-5-9(15)3-4-12(8)21-10/h3-5,10H,2,6-7H2,1H3,(H,19,20). The monoisotopic (exact) mass is 351 g/mol. The topological polar surface area (TPSA) is 77.2 Å². The van der Waals surface area contributed by atoms with Gasteiger partial charge in [0.1, 0.15) is 11.9 Å². The van der Waals surface area contributed by atoms with Crippen molar-refractivity contribution in [3.05, 3.63) is 39.6 Å². The van der Waals surface area contributed by atoms with Crippen LogP contribution >= 0.6 is 15.9 Å². The van der Waals surface area contributed by atoms with E-state index in [9.17, 15) is 4.79 Å². The number of carboxylic acid groups (broad SMARTS) is 1. The molecule has 0 amide bonds. The second-order valence-electron chi connectivity index (χ2n) is 4.92. The van der Waals surface area contributed by atoms with Gasteiger partial charge in [0.25, 0.3) is 0 Å². The van der Waals surface area contributed by atoms with Crippen molar-refractivity contribution in [2.45, 2.75) is 32.4 Å². The minimum absolute atomic E-state index is 0.0238. The summed E-state index contributed by atoms with van der Waals surface area (Å²) < 4.78 is 8.53. The molecule has 0 saturated heterocycles. The zero-order valence-corrected chi connectivity index (χ0v) is 13.0. The third kappa shape index (κ3) is 2.65. The van der Waals surface area contributed by atoms with E-state index < -0.39 is 5.97 Å². The maximum atomic E-state index is 11.1. The lowest BCUT2D eigenvalue weighted by molar-refractivity contribution is 0.0689. The first-order valence-electron chi connectivity index (χ1n) is 6.69. The Kier molecular flexibility index (Phi) is 3.67. The van der Waals surface area contributed by atoms with Crippen LogP contribution in [-0.4, -0.2) is 32.2 Å². The van der Waals surface area contributed by atoms with Gasteiger partial charge in [-0.1, -0.05) is 28.1 Å². The molecule has 0 aliphatic carbocycles. The molecule has 1 aromatic carbocycles.